The first-order chi connectivity index (χ1) is 14.6. The number of carbonyl (C=O) groups is 2. The molecule has 0 radical (unpaired) electrons. The van der Waals surface area contributed by atoms with Crippen LogP contribution in [0.1, 0.15) is 67.5 Å². The van der Waals surface area contributed by atoms with Crippen molar-refractivity contribution in [2.45, 2.75) is 51.5 Å². The van der Waals surface area contributed by atoms with E-state index in [1.54, 1.807) is 6.20 Å². The molecule has 1 saturated heterocycles. The summed E-state index contributed by atoms with van der Waals surface area (Å²) in [5.41, 5.74) is 3.14. The number of benzene rings is 1. The van der Waals surface area contributed by atoms with Gasteiger partial charge in [-0.3, -0.25) is 14.6 Å². The topological polar surface area (TPSA) is 74.3 Å². The highest BCUT2D eigenvalue weighted by molar-refractivity contribution is 6.02. The average Bonchev–Trinajstić information content (AvgIpc) is 3.61. The molecule has 2 aliphatic rings. The average molecular weight is 407 g/mol. The summed E-state index contributed by atoms with van der Waals surface area (Å²) < 4.78 is 0. The number of nitrogens with one attached hydrogen (secondary N) is 2. The Bertz CT molecular complexity index is 887. The highest BCUT2D eigenvalue weighted by Gasteiger charge is 2.30. The summed E-state index contributed by atoms with van der Waals surface area (Å²) in [5, 5.41) is 6.11. The van der Waals surface area contributed by atoms with Crippen molar-refractivity contribution >= 4 is 23.2 Å². The number of aromatic nitrogens is 1. The van der Waals surface area contributed by atoms with Crippen LogP contribution in [0.2, 0.25) is 0 Å². The van der Waals surface area contributed by atoms with Crippen molar-refractivity contribution in [3.63, 3.8) is 0 Å². The summed E-state index contributed by atoms with van der Waals surface area (Å²) in [7, 11) is 0. The molecule has 6 nitrogen and oxygen atoms in total. The Morgan fingerprint density at radius 3 is 2.50 bits per heavy atom. The van der Waals surface area contributed by atoms with E-state index in [2.05, 4.69) is 20.5 Å². The van der Waals surface area contributed by atoms with Gasteiger partial charge in [0.05, 0.1) is 23.0 Å². The summed E-state index contributed by atoms with van der Waals surface area (Å²) in [6.45, 7) is 3.79. The third-order valence-corrected chi connectivity index (χ3v) is 5.88. The number of carbonyl (C=O) groups excluding carboxylic acids is 2. The number of rotatable bonds is 6. The van der Waals surface area contributed by atoms with Crippen LogP contribution in [0.4, 0.5) is 11.4 Å². The molecule has 6 heteroatoms. The van der Waals surface area contributed by atoms with Crippen LogP contribution in [0, 0.1) is 5.92 Å². The Morgan fingerprint density at radius 2 is 1.83 bits per heavy atom. The van der Waals surface area contributed by atoms with E-state index in [0.717, 1.165) is 55.8 Å². The van der Waals surface area contributed by atoms with Gasteiger partial charge in [0.1, 0.15) is 0 Å². The van der Waals surface area contributed by atoms with E-state index in [1.165, 1.54) is 12.8 Å². The molecule has 1 aliphatic carbocycles. The van der Waals surface area contributed by atoms with Crippen molar-refractivity contribution in [2.24, 2.45) is 5.92 Å². The molecule has 1 aromatic carbocycles. The second-order valence-electron chi connectivity index (χ2n) is 8.35. The minimum absolute atomic E-state index is 0.0813. The van der Waals surface area contributed by atoms with Gasteiger partial charge in [0.2, 0.25) is 5.91 Å². The van der Waals surface area contributed by atoms with Crippen LogP contribution in [0.5, 0.6) is 0 Å². The third kappa shape index (κ3) is 4.99. The predicted molar refractivity (Wildman–Crippen MR) is 119 cm³/mol. The van der Waals surface area contributed by atoms with Gasteiger partial charge < -0.3 is 15.5 Å². The molecule has 4 rings (SSSR count). The zero-order valence-corrected chi connectivity index (χ0v) is 17.6. The van der Waals surface area contributed by atoms with Gasteiger partial charge >= 0.3 is 0 Å². The monoisotopic (exact) mass is 406 g/mol. The van der Waals surface area contributed by atoms with Crippen molar-refractivity contribution in [1.29, 1.82) is 0 Å². The van der Waals surface area contributed by atoms with E-state index < -0.39 is 0 Å². The molecule has 30 heavy (non-hydrogen) atoms. The summed E-state index contributed by atoms with van der Waals surface area (Å²) in [6.07, 6.45) is 8.33. The van der Waals surface area contributed by atoms with Gasteiger partial charge in [-0.05, 0) is 62.9 Å². The van der Waals surface area contributed by atoms with Crippen molar-refractivity contribution in [1.82, 2.24) is 10.3 Å². The van der Waals surface area contributed by atoms with Gasteiger partial charge in [-0.1, -0.05) is 18.9 Å². The molecule has 0 spiro atoms. The molecule has 1 aliphatic heterocycles. The van der Waals surface area contributed by atoms with Crippen LogP contribution in [0.3, 0.4) is 0 Å². The molecule has 2 amide bonds. The fraction of sp³-hybridized carbons (Fsp3) is 0.458. The van der Waals surface area contributed by atoms with E-state index >= 15 is 0 Å². The van der Waals surface area contributed by atoms with E-state index in [1.807, 2.05) is 43.3 Å². The van der Waals surface area contributed by atoms with Gasteiger partial charge in [-0.2, -0.15) is 0 Å². The molecule has 158 valence electrons. The normalized spacial score (nSPS) is 17.7. The Labute approximate surface area is 178 Å². The molecule has 0 bridgehead atoms. The van der Waals surface area contributed by atoms with Crippen molar-refractivity contribution in [2.75, 3.05) is 23.3 Å². The van der Waals surface area contributed by atoms with Crippen LogP contribution in [-0.4, -0.2) is 29.9 Å². The van der Waals surface area contributed by atoms with E-state index in [0.29, 0.717) is 5.56 Å². The highest BCUT2D eigenvalue weighted by Crippen LogP contribution is 2.32. The molecular formula is C24H30N4O2. The smallest absolute Gasteiger partial charge is 0.253 e. The van der Waals surface area contributed by atoms with Crippen LogP contribution in [0.25, 0.3) is 0 Å². The van der Waals surface area contributed by atoms with Crippen LogP contribution in [-0.2, 0) is 4.79 Å². The molecule has 2 aromatic rings. The number of nitrogens with zero attached hydrogens (tertiary/aromatic N) is 2. The second kappa shape index (κ2) is 9.28. The Kier molecular flexibility index (Phi) is 6.31. The minimum atomic E-state index is -0.190. The maximum absolute atomic E-state index is 13.2. The fourth-order valence-corrected chi connectivity index (χ4v) is 3.94. The van der Waals surface area contributed by atoms with Crippen LogP contribution < -0.4 is 15.5 Å². The maximum atomic E-state index is 13.2. The summed E-state index contributed by atoms with van der Waals surface area (Å²) in [4.78, 5) is 32.0. The lowest BCUT2D eigenvalue weighted by molar-refractivity contribution is -0.117. The lowest BCUT2D eigenvalue weighted by atomic mass is 10.1. The van der Waals surface area contributed by atoms with Gasteiger partial charge in [-0.25, -0.2) is 0 Å². The Morgan fingerprint density at radius 1 is 1.07 bits per heavy atom. The predicted octanol–water partition coefficient (Wildman–Crippen LogP) is 4.30. The molecule has 2 N–H and O–H groups in total. The number of hydrogen-bond acceptors (Lipinski definition) is 4. The number of anilines is 2. The lowest BCUT2D eigenvalue weighted by Crippen LogP contribution is -2.31. The van der Waals surface area contributed by atoms with Gasteiger partial charge in [0.25, 0.3) is 5.91 Å². The van der Waals surface area contributed by atoms with Gasteiger partial charge in [0, 0.05) is 30.9 Å². The molecule has 2 fully saturated rings. The molecule has 1 aromatic heterocycles. The number of hydrogen-bond donors (Lipinski definition) is 2. The molecule has 0 unspecified atom stereocenters. The van der Waals surface area contributed by atoms with Crippen molar-refractivity contribution < 1.29 is 9.59 Å². The largest absolute Gasteiger partial charge is 0.371 e. The van der Waals surface area contributed by atoms with Crippen LogP contribution in [0.15, 0.2) is 42.6 Å². The standard InChI is InChI=1S/C24H30N4O2/c1-17(21-8-4-5-13-25-21)26-24(30)20-12-11-19(27-23(29)18-9-10-18)16-22(20)28-14-6-2-3-7-15-28/h4-5,8,11-13,16-18H,2-3,6-7,9-10,14-15H2,1H3,(H,26,30)(H,27,29)/t17-/m0/s1. The quantitative estimate of drug-likeness (QED) is 0.750. The Hall–Kier alpha value is -2.89. The number of amides is 2. The zero-order chi connectivity index (χ0) is 20.9. The SMILES string of the molecule is C[C@H](NC(=O)c1ccc(NC(=O)C2CC2)cc1N1CCCCCC1)c1ccccn1. The second-order valence-corrected chi connectivity index (χ2v) is 8.35. The third-order valence-electron chi connectivity index (χ3n) is 5.88. The highest BCUT2D eigenvalue weighted by atomic mass is 16.2. The lowest BCUT2D eigenvalue weighted by Gasteiger charge is -2.26. The fourth-order valence-electron chi connectivity index (χ4n) is 3.94. The summed E-state index contributed by atoms with van der Waals surface area (Å²) >= 11 is 0. The molecule has 2 heterocycles. The van der Waals surface area contributed by atoms with E-state index in [9.17, 15) is 9.59 Å². The first-order valence-electron chi connectivity index (χ1n) is 11.0. The summed E-state index contributed by atoms with van der Waals surface area (Å²) in [5.74, 6) is 0.110. The van der Waals surface area contributed by atoms with E-state index in [-0.39, 0.29) is 23.8 Å². The maximum Gasteiger partial charge on any atom is 0.253 e. The van der Waals surface area contributed by atoms with Crippen molar-refractivity contribution in [3.8, 4) is 0 Å². The molecular weight excluding hydrogens is 376 g/mol. The number of pyridine rings is 1. The molecule has 1 saturated carbocycles. The van der Waals surface area contributed by atoms with Gasteiger partial charge in [-0.15, -0.1) is 0 Å². The molecule has 1 atom stereocenters. The Balaban J connectivity index is 1.57. The summed E-state index contributed by atoms with van der Waals surface area (Å²) in [6, 6.07) is 11.1. The van der Waals surface area contributed by atoms with Crippen LogP contribution >= 0.6 is 0 Å². The first-order valence-corrected chi connectivity index (χ1v) is 11.0. The minimum Gasteiger partial charge on any atom is -0.371 e. The zero-order valence-electron chi connectivity index (χ0n) is 17.6. The first kappa shape index (κ1) is 20.4. The van der Waals surface area contributed by atoms with E-state index in [4.69, 9.17) is 0 Å². The van der Waals surface area contributed by atoms with Gasteiger partial charge in [0.15, 0.2) is 0 Å². The van der Waals surface area contributed by atoms with Crippen molar-refractivity contribution in [3.05, 3.63) is 53.9 Å².